The third-order valence-electron chi connectivity index (χ3n) is 2.50. The Morgan fingerprint density at radius 3 is 2.58 bits per heavy atom. The average molecular weight is 285 g/mol. The summed E-state index contributed by atoms with van der Waals surface area (Å²) in [5, 5.41) is 8.69. The molecule has 1 aromatic carbocycles. The van der Waals surface area contributed by atoms with Crippen LogP contribution in [0.3, 0.4) is 0 Å². The molecule has 1 unspecified atom stereocenters. The number of aromatic nitrogens is 2. The van der Waals surface area contributed by atoms with Gasteiger partial charge in [0, 0.05) is 0 Å². The second kappa shape index (κ2) is 4.52. The molecular formula is C10H11N3O5S. The first-order valence-electron chi connectivity index (χ1n) is 5.27. The zero-order valence-corrected chi connectivity index (χ0v) is 10.6. The van der Waals surface area contributed by atoms with Gasteiger partial charge in [-0.3, -0.25) is 4.79 Å². The molecule has 0 fully saturated rings. The van der Waals surface area contributed by atoms with E-state index in [1.165, 1.54) is 25.1 Å². The Kier molecular flexibility index (Phi) is 3.16. The molecule has 9 heteroatoms. The molecule has 2 aromatic rings. The number of carboxylic acid groups (broad SMARTS) is 1. The lowest BCUT2D eigenvalue weighted by Gasteiger charge is -2.10. The number of carboxylic acids is 1. The van der Waals surface area contributed by atoms with E-state index in [2.05, 4.69) is 9.97 Å². The van der Waals surface area contributed by atoms with Crippen molar-refractivity contribution in [1.82, 2.24) is 14.7 Å². The predicted molar refractivity (Wildman–Crippen MR) is 66.3 cm³/mol. The molecule has 102 valence electrons. The van der Waals surface area contributed by atoms with Gasteiger partial charge in [-0.1, -0.05) is 0 Å². The fourth-order valence-corrected chi connectivity index (χ4v) is 2.75. The summed E-state index contributed by atoms with van der Waals surface area (Å²) >= 11 is 0. The molecule has 0 saturated carbocycles. The number of aromatic amines is 2. The molecule has 1 atom stereocenters. The first-order chi connectivity index (χ1) is 8.79. The van der Waals surface area contributed by atoms with Crippen LogP contribution in [0.2, 0.25) is 0 Å². The van der Waals surface area contributed by atoms with Crippen molar-refractivity contribution in [3.8, 4) is 0 Å². The summed E-state index contributed by atoms with van der Waals surface area (Å²) in [5.41, 5.74) is 0.350. The molecule has 0 aliphatic carbocycles. The van der Waals surface area contributed by atoms with Gasteiger partial charge in [0.1, 0.15) is 6.04 Å². The van der Waals surface area contributed by atoms with Crippen LogP contribution in [0, 0.1) is 0 Å². The summed E-state index contributed by atoms with van der Waals surface area (Å²) in [4.78, 5) is 26.5. The minimum absolute atomic E-state index is 0.122. The molecule has 19 heavy (non-hydrogen) atoms. The second-order valence-electron chi connectivity index (χ2n) is 3.97. The number of benzene rings is 1. The maximum Gasteiger partial charge on any atom is 0.323 e. The number of rotatable bonds is 4. The summed E-state index contributed by atoms with van der Waals surface area (Å²) in [6.07, 6.45) is 0. The standard InChI is InChI=1S/C10H11N3O5S/c1-5(9(14)15)13-19(17,18)6-2-3-7-8(4-6)12-10(16)11-7/h2-5,13H,1H3,(H,14,15)(H2,11,12,16). The number of hydrogen-bond acceptors (Lipinski definition) is 4. The number of hydrogen-bond donors (Lipinski definition) is 4. The van der Waals surface area contributed by atoms with Gasteiger partial charge in [-0.25, -0.2) is 13.2 Å². The van der Waals surface area contributed by atoms with Gasteiger partial charge in [0.05, 0.1) is 15.9 Å². The highest BCUT2D eigenvalue weighted by Crippen LogP contribution is 2.15. The third kappa shape index (κ3) is 2.66. The van der Waals surface area contributed by atoms with Crippen LogP contribution < -0.4 is 10.4 Å². The maximum absolute atomic E-state index is 11.9. The van der Waals surface area contributed by atoms with Crippen molar-refractivity contribution in [2.45, 2.75) is 17.9 Å². The first kappa shape index (κ1) is 13.3. The molecule has 1 heterocycles. The Hall–Kier alpha value is -2.13. The van der Waals surface area contributed by atoms with Gasteiger partial charge in [-0.05, 0) is 25.1 Å². The summed E-state index contributed by atoms with van der Waals surface area (Å²) in [6, 6.07) is 2.71. The third-order valence-corrected chi connectivity index (χ3v) is 4.04. The molecular weight excluding hydrogens is 274 g/mol. The number of imidazole rings is 1. The van der Waals surface area contributed by atoms with Crippen molar-refractivity contribution in [2.24, 2.45) is 0 Å². The maximum atomic E-state index is 11.9. The number of carbonyl (C=O) groups is 1. The number of sulfonamides is 1. The summed E-state index contributed by atoms with van der Waals surface area (Å²) < 4.78 is 25.9. The van der Waals surface area contributed by atoms with Crippen LogP contribution in [0.4, 0.5) is 0 Å². The van der Waals surface area contributed by atoms with Gasteiger partial charge >= 0.3 is 11.7 Å². The normalized spacial score (nSPS) is 13.5. The number of nitrogens with one attached hydrogen (secondary N) is 3. The Morgan fingerprint density at radius 2 is 1.95 bits per heavy atom. The Labute approximate surface area is 107 Å². The molecule has 1 aromatic heterocycles. The SMILES string of the molecule is CC(NS(=O)(=O)c1ccc2[nH]c(=O)[nH]c2c1)C(=O)O. The van der Waals surface area contributed by atoms with E-state index in [0.717, 1.165) is 0 Å². The fourth-order valence-electron chi connectivity index (χ4n) is 1.53. The monoisotopic (exact) mass is 285 g/mol. The highest BCUT2D eigenvalue weighted by Gasteiger charge is 2.21. The van der Waals surface area contributed by atoms with Crippen molar-refractivity contribution in [2.75, 3.05) is 0 Å². The van der Waals surface area contributed by atoms with E-state index in [1.807, 2.05) is 4.72 Å². The summed E-state index contributed by atoms with van der Waals surface area (Å²) in [6.45, 7) is 1.22. The van der Waals surface area contributed by atoms with Gasteiger partial charge in [-0.2, -0.15) is 4.72 Å². The molecule has 2 rings (SSSR count). The van der Waals surface area contributed by atoms with Crippen LogP contribution in [0.15, 0.2) is 27.9 Å². The smallest absolute Gasteiger partial charge is 0.323 e. The molecule has 0 aliphatic rings. The highest BCUT2D eigenvalue weighted by atomic mass is 32.2. The molecule has 0 aliphatic heterocycles. The van der Waals surface area contributed by atoms with Crippen molar-refractivity contribution in [3.05, 3.63) is 28.7 Å². The van der Waals surface area contributed by atoms with Crippen LogP contribution in [0.25, 0.3) is 11.0 Å². The molecule has 0 radical (unpaired) electrons. The fraction of sp³-hybridized carbons (Fsp3) is 0.200. The zero-order valence-electron chi connectivity index (χ0n) is 9.80. The lowest BCUT2D eigenvalue weighted by atomic mass is 10.3. The first-order valence-corrected chi connectivity index (χ1v) is 6.75. The van der Waals surface area contributed by atoms with Crippen LogP contribution >= 0.6 is 0 Å². The van der Waals surface area contributed by atoms with Crippen LogP contribution in [0.5, 0.6) is 0 Å². The van der Waals surface area contributed by atoms with Gasteiger partial charge < -0.3 is 15.1 Å². The minimum Gasteiger partial charge on any atom is -0.480 e. The number of aliphatic carboxylic acids is 1. The second-order valence-corrected chi connectivity index (χ2v) is 5.68. The number of H-pyrrole nitrogens is 2. The molecule has 0 spiro atoms. The quantitative estimate of drug-likeness (QED) is 0.607. The van der Waals surface area contributed by atoms with Crippen LogP contribution in [0.1, 0.15) is 6.92 Å². The number of fused-ring (bicyclic) bond motifs is 1. The minimum atomic E-state index is -3.95. The van der Waals surface area contributed by atoms with Gasteiger partial charge in [-0.15, -0.1) is 0 Å². The van der Waals surface area contributed by atoms with E-state index in [1.54, 1.807) is 0 Å². The van der Waals surface area contributed by atoms with Crippen LogP contribution in [-0.4, -0.2) is 35.5 Å². The summed E-state index contributed by atoms with van der Waals surface area (Å²) in [5.74, 6) is -1.28. The topological polar surface area (TPSA) is 132 Å². The van der Waals surface area contributed by atoms with Crippen molar-refractivity contribution in [1.29, 1.82) is 0 Å². The molecule has 0 saturated heterocycles. The van der Waals surface area contributed by atoms with Gasteiger partial charge in [0.15, 0.2) is 0 Å². The highest BCUT2D eigenvalue weighted by molar-refractivity contribution is 7.89. The molecule has 0 amide bonds. The Morgan fingerprint density at radius 1 is 1.32 bits per heavy atom. The van der Waals surface area contributed by atoms with Gasteiger partial charge in [0.2, 0.25) is 10.0 Å². The van der Waals surface area contributed by atoms with E-state index in [4.69, 9.17) is 5.11 Å². The summed E-state index contributed by atoms with van der Waals surface area (Å²) in [7, 11) is -3.95. The van der Waals surface area contributed by atoms with Crippen molar-refractivity contribution < 1.29 is 18.3 Å². The van der Waals surface area contributed by atoms with Gasteiger partial charge in [0.25, 0.3) is 0 Å². The van der Waals surface area contributed by atoms with Crippen molar-refractivity contribution in [3.63, 3.8) is 0 Å². The van der Waals surface area contributed by atoms with Crippen molar-refractivity contribution >= 4 is 27.0 Å². The average Bonchev–Trinajstić information content (AvgIpc) is 2.67. The van der Waals surface area contributed by atoms with E-state index in [9.17, 15) is 18.0 Å². The van der Waals surface area contributed by atoms with E-state index >= 15 is 0 Å². The molecule has 4 N–H and O–H groups in total. The zero-order chi connectivity index (χ0) is 14.2. The molecule has 0 bridgehead atoms. The Balaban J connectivity index is 2.42. The lowest BCUT2D eigenvalue weighted by molar-refractivity contribution is -0.138. The van der Waals surface area contributed by atoms with E-state index < -0.39 is 27.7 Å². The predicted octanol–water partition coefficient (Wildman–Crippen LogP) is -0.392. The lowest BCUT2D eigenvalue weighted by Crippen LogP contribution is -2.38. The largest absolute Gasteiger partial charge is 0.480 e. The van der Waals surface area contributed by atoms with E-state index in [-0.39, 0.29) is 4.90 Å². The van der Waals surface area contributed by atoms with E-state index in [0.29, 0.717) is 11.0 Å². The Bertz CT molecular complexity index is 789. The molecule has 8 nitrogen and oxygen atoms in total. The van der Waals surface area contributed by atoms with Crippen LogP contribution in [-0.2, 0) is 14.8 Å².